The summed E-state index contributed by atoms with van der Waals surface area (Å²) in [6, 6.07) is 4.14. The van der Waals surface area contributed by atoms with Crippen molar-refractivity contribution in [2.75, 3.05) is 14.2 Å². The number of benzene rings is 1. The van der Waals surface area contributed by atoms with E-state index in [0.29, 0.717) is 0 Å². The highest BCUT2D eigenvalue weighted by Crippen LogP contribution is 2.32. The normalized spacial score (nSPS) is 13.2. The molecule has 0 fully saturated rings. The summed E-state index contributed by atoms with van der Waals surface area (Å²) in [5, 5.41) is 9.39. The Kier molecular flexibility index (Phi) is 6.16. The average Bonchev–Trinajstić information content (AvgIpc) is 2.52. The van der Waals surface area contributed by atoms with Crippen LogP contribution < -0.4 is 0 Å². The van der Waals surface area contributed by atoms with Crippen molar-refractivity contribution in [2.24, 2.45) is 0 Å². The Labute approximate surface area is 136 Å². The van der Waals surface area contributed by atoms with Crippen molar-refractivity contribution in [3.8, 4) is 0 Å². The molecule has 0 saturated heterocycles. The van der Waals surface area contributed by atoms with Gasteiger partial charge < -0.3 is 14.6 Å². The van der Waals surface area contributed by atoms with Gasteiger partial charge in [-0.15, -0.1) is 0 Å². The lowest BCUT2D eigenvalue weighted by Gasteiger charge is -2.13. The maximum absolute atomic E-state index is 12.8. The first kappa shape index (κ1) is 19.3. The van der Waals surface area contributed by atoms with E-state index in [-0.39, 0.29) is 11.1 Å². The number of carbonyl (C=O) groups is 2. The van der Waals surface area contributed by atoms with E-state index in [4.69, 9.17) is 0 Å². The van der Waals surface area contributed by atoms with Crippen molar-refractivity contribution in [1.82, 2.24) is 0 Å². The fraction of sp³-hybridized carbons (Fsp3) is 0.250. The van der Waals surface area contributed by atoms with Crippen LogP contribution in [0.3, 0.4) is 0 Å². The molecule has 1 N–H and O–H groups in total. The molecule has 1 aromatic rings. The number of carboxylic acid groups (broad SMARTS) is 1. The molecule has 0 aliphatic heterocycles. The molecule has 0 unspecified atom stereocenters. The number of carboxylic acids is 1. The first-order valence-electron chi connectivity index (χ1n) is 6.57. The number of aliphatic carboxylic acids is 1. The quantitative estimate of drug-likeness (QED) is 0.384. The lowest BCUT2D eigenvalue weighted by atomic mass is 9.95. The summed E-state index contributed by atoms with van der Waals surface area (Å²) < 4.78 is 47.6. The predicted molar refractivity (Wildman–Crippen MR) is 78.8 cm³/mol. The van der Waals surface area contributed by atoms with E-state index in [1.165, 1.54) is 20.1 Å². The van der Waals surface area contributed by atoms with Gasteiger partial charge in [-0.3, -0.25) is 0 Å². The minimum atomic E-state index is -4.58. The Morgan fingerprint density at radius 1 is 1.21 bits per heavy atom. The second kappa shape index (κ2) is 7.67. The molecular formula is C16H15F3O5. The Hall–Kier alpha value is -2.77. The third-order valence-corrected chi connectivity index (χ3v) is 3.12. The summed E-state index contributed by atoms with van der Waals surface area (Å²) in [5.41, 5.74) is -1.89. The molecule has 1 aromatic carbocycles. The highest BCUT2D eigenvalue weighted by Gasteiger charge is 2.31. The summed E-state index contributed by atoms with van der Waals surface area (Å²) in [6.45, 7) is 1.30. The minimum absolute atomic E-state index is 0.00753. The van der Waals surface area contributed by atoms with Crippen molar-refractivity contribution < 1.29 is 37.3 Å². The highest BCUT2D eigenvalue weighted by atomic mass is 19.4. The van der Waals surface area contributed by atoms with Gasteiger partial charge >= 0.3 is 18.1 Å². The Bertz CT molecular complexity index is 702. The van der Waals surface area contributed by atoms with Crippen molar-refractivity contribution in [1.29, 1.82) is 0 Å². The van der Waals surface area contributed by atoms with Gasteiger partial charge in [0, 0.05) is 0 Å². The van der Waals surface area contributed by atoms with Crippen molar-refractivity contribution in [3.63, 3.8) is 0 Å². The number of ether oxygens (including phenoxy) is 2. The first-order valence-corrected chi connectivity index (χ1v) is 6.57. The molecule has 0 aliphatic rings. The van der Waals surface area contributed by atoms with Gasteiger partial charge in [0.2, 0.25) is 0 Å². The monoisotopic (exact) mass is 344 g/mol. The SMILES string of the molecule is COC=C(C(=O)OC)C(C(=O)O)=C(C)c1cccc(C(F)(F)F)c1. The molecule has 0 amide bonds. The molecule has 0 radical (unpaired) electrons. The number of rotatable bonds is 5. The predicted octanol–water partition coefficient (Wildman–Crippen LogP) is 3.27. The first-order chi connectivity index (χ1) is 11.1. The van der Waals surface area contributed by atoms with Gasteiger partial charge in [0.15, 0.2) is 0 Å². The fourth-order valence-corrected chi connectivity index (χ4v) is 1.99. The summed E-state index contributed by atoms with van der Waals surface area (Å²) in [7, 11) is 2.24. The number of methoxy groups -OCH3 is 2. The molecule has 0 heterocycles. The number of hydrogen-bond acceptors (Lipinski definition) is 4. The second-order valence-corrected chi connectivity index (χ2v) is 4.64. The molecule has 1 rings (SSSR count). The van der Waals surface area contributed by atoms with Crippen LogP contribution in [0.15, 0.2) is 41.7 Å². The highest BCUT2D eigenvalue weighted by molar-refractivity contribution is 6.11. The van der Waals surface area contributed by atoms with E-state index in [9.17, 15) is 27.9 Å². The van der Waals surface area contributed by atoms with E-state index < -0.39 is 34.8 Å². The van der Waals surface area contributed by atoms with E-state index in [2.05, 4.69) is 9.47 Å². The maximum Gasteiger partial charge on any atom is 0.416 e. The zero-order chi connectivity index (χ0) is 18.5. The largest absolute Gasteiger partial charge is 0.503 e. The number of hydrogen-bond donors (Lipinski definition) is 1. The molecule has 8 heteroatoms. The molecule has 5 nitrogen and oxygen atoms in total. The van der Waals surface area contributed by atoms with Crippen LogP contribution in [0, 0.1) is 0 Å². The number of carbonyl (C=O) groups excluding carboxylic acids is 1. The zero-order valence-electron chi connectivity index (χ0n) is 13.1. The molecule has 24 heavy (non-hydrogen) atoms. The smallest absolute Gasteiger partial charge is 0.416 e. The van der Waals surface area contributed by atoms with Gasteiger partial charge in [0.1, 0.15) is 5.57 Å². The number of allylic oxidation sites excluding steroid dienone is 1. The van der Waals surface area contributed by atoms with Crippen LogP contribution >= 0.6 is 0 Å². The molecule has 0 spiro atoms. The summed E-state index contributed by atoms with van der Waals surface area (Å²) in [5.74, 6) is -2.49. The Balaban J connectivity index is 3.59. The summed E-state index contributed by atoms with van der Waals surface area (Å²) in [6.07, 6.45) is -3.71. The second-order valence-electron chi connectivity index (χ2n) is 4.64. The zero-order valence-corrected chi connectivity index (χ0v) is 13.1. The Morgan fingerprint density at radius 3 is 2.29 bits per heavy atom. The molecule has 0 atom stereocenters. The van der Waals surface area contributed by atoms with Crippen molar-refractivity contribution in [3.05, 3.63) is 52.8 Å². The molecule has 0 aliphatic carbocycles. The third kappa shape index (κ3) is 4.37. The van der Waals surface area contributed by atoms with Crippen LogP contribution in [0.1, 0.15) is 18.1 Å². The van der Waals surface area contributed by atoms with E-state index in [0.717, 1.165) is 31.6 Å². The van der Waals surface area contributed by atoms with Crippen molar-refractivity contribution in [2.45, 2.75) is 13.1 Å². The van der Waals surface area contributed by atoms with Gasteiger partial charge in [-0.05, 0) is 30.2 Å². The van der Waals surface area contributed by atoms with E-state index in [1.807, 2.05) is 0 Å². The molecule has 0 aromatic heterocycles. The van der Waals surface area contributed by atoms with Crippen LogP contribution in [-0.2, 0) is 25.2 Å². The lowest BCUT2D eigenvalue weighted by Crippen LogP contribution is -2.15. The summed E-state index contributed by atoms with van der Waals surface area (Å²) in [4.78, 5) is 23.3. The van der Waals surface area contributed by atoms with Gasteiger partial charge in [-0.25, -0.2) is 9.59 Å². The van der Waals surface area contributed by atoms with Gasteiger partial charge in [0.05, 0.1) is 31.6 Å². The van der Waals surface area contributed by atoms with E-state index in [1.54, 1.807) is 0 Å². The Morgan fingerprint density at radius 2 is 1.83 bits per heavy atom. The van der Waals surface area contributed by atoms with Gasteiger partial charge in [0.25, 0.3) is 0 Å². The van der Waals surface area contributed by atoms with Crippen LogP contribution in [-0.4, -0.2) is 31.3 Å². The minimum Gasteiger partial charge on any atom is -0.503 e. The van der Waals surface area contributed by atoms with Crippen molar-refractivity contribution >= 4 is 17.5 Å². The molecule has 130 valence electrons. The topological polar surface area (TPSA) is 72.8 Å². The average molecular weight is 344 g/mol. The number of halogens is 3. The molecular weight excluding hydrogens is 329 g/mol. The van der Waals surface area contributed by atoms with E-state index >= 15 is 0 Å². The fourth-order valence-electron chi connectivity index (χ4n) is 1.99. The van der Waals surface area contributed by atoms with Crippen LogP contribution in [0.5, 0.6) is 0 Å². The number of esters is 1. The summed E-state index contributed by atoms with van der Waals surface area (Å²) >= 11 is 0. The van der Waals surface area contributed by atoms with Gasteiger partial charge in [-0.2, -0.15) is 13.2 Å². The third-order valence-electron chi connectivity index (χ3n) is 3.12. The van der Waals surface area contributed by atoms with Crippen LogP contribution in [0.4, 0.5) is 13.2 Å². The van der Waals surface area contributed by atoms with Crippen LogP contribution in [0.2, 0.25) is 0 Å². The molecule has 0 bridgehead atoms. The standard InChI is InChI=1S/C16H15F3O5/c1-9(10-5-4-6-11(7-10)16(17,18)19)13(14(20)21)12(8-23-2)15(22)24-3/h4-8H,1-3H3,(H,20,21). The maximum atomic E-state index is 12.8. The van der Waals surface area contributed by atoms with Crippen LogP contribution in [0.25, 0.3) is 5.57 Å². The number of alkyl halides is 3. The molecule has 0 saturated carbocycles. The van der Waals surface area contributed by atoms with Gasteiger partial charge in [-0.1, -0.05) is 12.1 Å². The lowest BCUT2D eigenvalue weighted by molar-refractivity contribution is -0.138.